The zero-order valence-corrected chi connectivity index (χ0v) is 24.2. The minimum absolute atomic E-state index is 1.24. The van der Waals surface area contributed by atoms with Crippen LogP contribution in [0.1, 0.15) is 81.4 Å². The summed E-state index contributed by atoms with van der Waals surface area (Å²) in [5.74, 6) is 0. The molecule has 0 atom stereocenters. The minimum atomic E-state index is -2.74. The second-order valence-corrected chi connectivity index (χ2v) is 21.8. The summed E-state index contributed by atoms with van der Waals surface area (Å²) in [6.07, 6.45) is 15.0. The predicted octanol–water partition coefficient (Wildman–Crippen LogP) is 9.41. The fourth-order valence-electron chi connectivity index (χ4n) is 5.10. The van der Waals surface area contributed by atoms with Crippen LogP contribution in [0.2, 0.25) is 0 Å². The van der Waals surface area contributed by atoms with Gasteiger partial charge in [0, 0.05) is 0 Å². The maximum absolute atomic E-state index is 2.78. The van der Waals surface area contributed by atoms with Gasteiger partial charge >= 0.3 is 214 Å². The average Bonchev–Trinajstić information content (AvgIpc) is 2.87. The summed E-state index contributed by atoms with van der Waals surface area (Å²) in [6, 6.07) is 33.7. The Bertz CT molecular complexity index is 813. The number of hydrogen-bond donors (Lipinski definition) is 0. The molecule has 180 valence electrons. The third kappa shape index (κ3) is 10.2. The van der Waals surface area contributed by atoms with Gasteiger partial charge in [-0.3, -0.25) is 0 Å². The summed E-state index contributed by atoms with van der Waals surface area (Å²) in [5.41, 5.74) is 4.55. The van der Waals surface area contributed by atoms with Gasteiger partial charge in [0.1, 0.15) is 0 Å². The molecule has 0 fully saturated rings. The Hall–Kier alpha value is -1.80. The molecular formula is C33H44Sn. The van der Waals surface area contributed by atoms with Crippen LogP contribution in [0.15, 0.2) is 101 Å². The van der Waals surface area contributed by atoms with Crippen molar-refractivity contribution in [2.45, 2.75) is 78.0 Å². The van der Waals surface area contributed by atoms with Crippen LogP contribution in [0.3, 0.4) is 0 Å². The van der Waals surface area contributed by atoms with Crippen LogP contribution in [0, 0.1) is 0 Å². The van der Waals surface area contributed by atoms with E-state index in [1.165, 1.54) is 87.8 Å². The molecule has 0 amide bonds. The van der Waals surface area contributed by atoms with E-state index in [-0.39, 0.29) is 0 Å². The molecule has 3 aromatic rings. The van der Waals surface area contributed by atoms with Crippen molar-refractivity contribution in [2.75, 3.05) is 0 Å². The molecule has 0 aliphatic carbocycles. The summed E-state index contributed by atoms with van der Waals surface area (Å²) in [4.78, 5) is 0. The molecule has 3 aromatic carbocycles. The Balaban J connectivity index is 1.71. The van der Waals surface area contributed by atoms with Gasteiger partial charge in [-0.15, -0.1) is 0 Å². The third-order valence-corrected chi connectivity index (χ3v) is 19.1. The van der Waals surface area contributed by atoms with E-state index in [0.29, 0.717) is 0 Å². The van der Waals surface area contributed by atoms with Crippen LogP contribution in [-0.4, -0.2) is 18.4 Å². The van der Waals surface area contributed by atoms with Crippen LogP contribution < -0.4 is 0 Å². The van der Waals surface area contributed by atoms with E-state index in [1.54, 1.807) is 0 Å². The van der Waals surface area contributed by atoms with E-state index in [9.17, 15) is 0 Å². The fraction of sp³-hybridized carbons (Fsp3) is 0.394. The molecule has 0 radical (unpaired) electrons. The van der Waals surface area contributed by atoms with Crippen molar-refractivity contribution in [1.82, 2.24) is 0 Å². The van der Waals surface area contributed by atoms with Gasteiger partial charge < -0.3 is 0 Å². The Morgan fingerprint density at radius 1 is 0.500 bits per heavy atom. The molecule has 3 rings (SSSR count). The molecule has 34 heavy (non-hydrogen) atoms. The molecule has 0 N–H and O–H groups in total. The summed E-state index contributed by atoms with van der Waals surface area (Å²) in [5, 5.41) is 0. The number of hydrogen-bond acceptors (Lipinski definition) is 0. The molecule has 0 nitrogen and oxygen atoms in total. The first-order valence-electron chi connectivity index (χ1n) is 13.6. The van der Waals surface area contributed by atoms with Crippen molar-refractivity contribution in [3.63, 3.8) is 0 Å². The molecule has 0 aromatic heterocycles. The van der Waals surface area contributed by atoms with Gasteiger partial charge in [0.2, 0.25) is 0 Å². The number of benzene rings is 3. The van der Waals surface area contributed by atoms with Crippen LogP contribution in [-0.2, 0) is 13.3 Å². The van der Waals surface area contributed by atoms with E-state index >= 15 is 0 Å². The van der Waals surface area contributed by atoms with Gasteiger partial charge in [-0.25, -0.2) is 0 Å². The Labute approximate surface area is 213 Å². The van der Waals surface area contributed by atoms with Gasteiger partial charge in [-0.05, 0) is 0 Å². The second kappa shape index (κ2) is 16.0. The Morgan fingerprint density at radius 2 is 0.882 bits per heavy atom. The van der Waals surface area contributed by atoms with E-state index in [0.717, 1.165) is 0 Å². The van der Waals surface area contributed by atoms with Crippen LogP contribution in [0.5, 0.6) is 0 Å². The SMILES string of the molecule is CCCCCCCCCC/C=[CH]/[Sn]([CH2]c1ccccc1)([CH2]c1ccccc1)[CH2]c1ccccc1. The van der Waals surface area contributed by atoms with Gasteiger partial charge in [0.15, 0.2) is 0 Å². The van der Waals surface area contributed by atoms with Gasteiger partial charge in [0.25, 0.3) is 0 Å². The van der Waals surface area contributed by atoms with Gasteiger partial charge in [0.05, 0.1) is 0 Å². The molecule has 0 saturated heterocycles. The van der Waals surface area contributed by atoms with Crippen molar-refractivity contribution in [2.24, 2.45) is 0 Å². The fourth-order valence-corrected chi connectivity index (χ4v) is 18.1. The van der Waals surface area contributed by atoms with Crippen LogP contribution >= 0.6 is 0 Å². The monoisotopic (exact) mass is 560 g/mol. The van der Waals surface area contributed by atoms with E-state index in [4.69, 9.17) is 0 Å². The van der Waals surface area contributed by atoms with Crippen LogP contribution in [0.25, 0.3) is 0 Å². The van der Waals surface area contributed by atoms with Crippen molar-refractivity contribution in [3.8, 4) is 0 Å². The van der Waals surface area contributed by atoms with Crippen molar-refractivity contribution < 1.29 is 0 Å². The maximum atomic E-state index is 2.78. The van der Waals surface area contributed by atoms with E-state index < -0.39 is 18.4 Å². The molecule has 1 heteroatoms. The van der Waals surface area contributed by atoms with Crippen LogP contribution in [0.4, 0.5) is 0 Å². The molecule has 0 aliphatic rings. The zero-order chi connectivity index (χ0) is 23.7. The summed E-state index contributed by atoms with van der Waals surface area (Å²) in [6.45, 7) is 2.30. The molecule has 0 unspecified atom stereocenters. The predicted molar refractivity (Wildman–Crippen MR) is 153 cm³/mol. The van der Waals surface area contributed by atoms with Crippen molar-refractivity contribution >= 4 is 18.4 Å². The van der Waals surface area contributed by atoms with E-state index in [2.05, 4.69) is 108 Å². The first-order chi connectivity index (χ1) is 16.8. The summed E-state index contributed by atoms with van der Waals surface area (Å²) in [7, 11) is 0. The number of allylic oxidation sites excluding steroid dienone is 1. The second-order valence-electron chi connectivity index (χ2n) is 10.0. The quantitative estimate of drug-likeness (QED) is 0.121. The average molecular weight is 559 g/mol. The molecule has 0 aliphatic heterocycles. The normalized spacial score (nSPS) is 11.8. The Morgan fingerprint density at radius 3 is 1.29 bits per heavy atom. The van der Waals surface area contributed by atoms with E-state index in [1.807, 2.05) is 0 Å². The first kappa shape index (κ1) is 26.8. The topological polar surface area (TPSA) is 0 Å². The molecule has 0 bridgehead atoms. The molecule has 0 spiro atoms. The first-order valence-corrected chi connectivity index (χ1v) is 21.3. The zero-order valence-electron chi connectivity index (χ0n) is 21.3. The summed E-state index contributed by atoms with van der Waals surface area (Å²) < 4.78 is 6.59. The Kier molecular flexibility index (Phi) is 12.6. The van der Waals surface area contributed by atoms with Gasteiger partial charge in [-0.1, -0.05) is 0 Å². The van der Waals surface area contributed by atoms with Crippen molar-refractivity contribution in [1.29, 1.82) is 0 Å². The molecule has 0 heterocycles. The standard InChI is InChI=1S/C12H23.3C7H7.Sn/c1-3-5-7-9-11-12-10-8-6-4-2;3*1-7-5-3-2-4-6-7;/h1,3H,4-12H2,2H3;3*2-6H,1H2;. The number of unbranched alkanes of at least 4 members (excludes halogenated alkanes) is 8. The summed E-state index contributed by atoms with van der Waals surface area (Å²) >= 11 is -2.74. The molecule has 0 saturated carbocycles. The third-order valence-electron chi connectivity index (χ3n) is 6.89. The molecular weight excluding hydrogens is 515 g/mol. The van der Waals surface area contributed by atoms with Gasteiger partial charge in [-0.2, -0.15) is 0 Å². The number of rotatable bonds is 16. The van der Waals surface area contributed by atoms with Crippen molar-refractivity contribution in [3.05, 3.63) is 118 Å².